The van der Waals surface area contributed by atoms with Gasteiger partial charge >= 0.3 is 0 Å². The van der Waals surface area contributed by atoms with Crippen LogP contribution in [-0.4, -0.2) is 35.3 Å². The number of ether oxygens (including phenoxy) is 2. The fourth-order valence-corrected chi connectivity index (χ4v) is 1.45. The van der Waals surface area contributed by atoms with Gasteiger partial charge < -0.3 is 9.47 Å². The molecule has 0 aromatic carbocycles. The van der Waals surface area contributed by atoms with Crippen molar-refractivity contribution in [2.24, 2.45) is 0 Å². The highest BCUT2D eigenvalue weighted by atomic mass is 35.5. The van der Waals surface area contributed by atoms with Crippen molar-refractivity contribution in [1.82, 2.24) is 15.0 Å². The molecular formula is C9H16ClN3O2. The molecular weight excluding hydrogens is 218 g/mol. The Morgan fingerprint density at radius 1 is 1.47 bits per heavy atom. The minimum atomic E-state index is 0.354. The van der Waals surface area contributed by atoms with Crippen LogP contribution in [0, 0.1) is 0 Å². The van der Waals surface area contributed by atoms with E-state index in [2.05, 4.69) is 10.3 Å². The first kappa shape index (κ1) is 12.4. The number of hydrogen-bond donors (Lipinski definition) is 0. The van der Waals surface area contributed by atoms with Gasteiger partial charge in [0.2, 0.25) is 0 Å². The Balaban J connectivity index is 2.64. The molecule has 0 N–H and O–H groups in total. The second-order valence-corrected chi connectivity index (χ2v) is 3.24. The van der Waals surface area contributed by atoms with Crippen LogP contribution in [0.2, 0.25) is 0 Å². The van der Waals surface area contributed by atoms with E-state index in [1.807, 2.05) is 6.92 Å². The number of rotatable bonds is 7. The third kappa shape index (κ3) is 3.44. The normalized spacial score (nSPS) is 10.9. The van der Waals surface area contributed by atoms with Gasteiger partial charge in [0.1, 0.15) is 5.69 Å². The highest BCUT2D eigenvalue weighted by molar-refractivity contribution is 6.16. The van der Waals surface area contributed by atoms with E-state index >= 15 is 0 Å². The van der Waals surface area contributed by atoms with E-state index in [9.17, 15) is 0 Å². The van der Waals surface area contributed by atoms with E-state index in [1.165, 1.54) is 0 Å². The first-order chi connectivity index (χ1) is 7.33. The molecule has 0 radical (unpaired) electrons. The Kier molecular flexibility index (Phi) is 5.60. The van der Waals surface area contributed by atoms with E-state index in [0.29, 0.717) is 32.2 Å². The molecule has 1 rings (SSSR count). The van der Waals surface area contributed by atoms with Gasteiger partial charge in [-0.05, 0) is 6.92 Å². The summed E-state index contributed by atoms with van der Waals surface area (Å²) in [6, 6.07) is 0. The monoisotopic (exact) mass is 233 g/mol. The van der Waals surface area contributed by atoms with Crippen LogP contribution < -0.4 is 0 Å². The van der Waals surface area contributed by atoms with Gasteiger partial charge in [-0.3, -0.25) is 0 Å². The second-order valence-electron chi connectivity index (χ2n) is 2.97. The number of methoxy groups -OCH3 is 1. The Bertz CT molecular complexity index is 291. The maximum atomic E-state index is 5.74. The predicted octanol–water partition coefficient (Wildman–Crippen LogP) is 1.20. The van der Waals surface area contributed by atoms with Crippen LogP contribution in [0.15, 0.2) is 0 Å². The lowest BCUT2D eigenvalue weighted by molar-refractivity contribution is 0.130. The highest BCUT2D eigenvalue weighted by Crippen LogP contribution is 2.09. The molecule has 86 valence electrons. The summed E-state index contributed by atoms with van der Waals surface area (Å²) >= 11 is 5.74. The molecule has 5 nitrogen and oxygen atoms in total. The van der Waals surface area contributed by atoms with Crippen LogP contribution >= 0.6 is 11.6 Å². The smallest absolute Gasteiger partial charge is 0.103 e. The van der Waals surface area contributed by atoms with Crippen LogP contribution in [0.1, 0.15) is 18.3 Å². The van der Waals surface area contributed by atoms with Gasteiger partial charge in [-0.1, -0.05) is 5.21 Å². The molecule has 0 aliphatic rings. The zero-order chi connectivity index (χ0) is 11.1. The van der Waals surface area contributed by atoms with E-state index in [0.717, 1.165) is 11.4 Å². The number of nitrogens with zero attached hydrogens (tertiary/aromatic N) is 3. The van der Waals surface area contributed by atoms with Gasteiger partial charge in [-0.2, -0.15) is 0 Å². The molecule has 0 aliphatic heterocycles. The number of halogens is 1. The predicted molar refractivity (Wildman–Crippen MR) is 56.8 cm³/mol. The molecule has 1 heterocycles. The molecule has 1 aromatic rings. The van der Waals surface area contributed by atoms with Gasteiger partial charge in [0.05, 0.1) is 31.3 Å². The number of alkyl halides is 1. The van der Waals surface area contributed by atoms with Crippen LogP contribution in [0.4, 0.5) is 0 Å². The Morgan fingerprint density at radius 3 is 2.87 bits per heavy atom. The fraction of sp³-hybridized carbons (Fsp3) is 0.778. The summed E-state index contributed by atoms with van der Waals surface area (Å²) in [5.41, 5.74) is 1.70. The maximum Gasteiger partial charge on any atom is 0.103 e. The van der Waals surface area contributed by atoms with Crippen molar-refractivity contribution >= 4 is 11.6 Å². The first-order valence-electron chi connectivity index (χ1n) is 4.87. The average molecular weight is 234 g/mol. The zero-order valence-electron chi connectivity index (χ0n) is 9.07. The van der Waals surface area contributed by atoms with Gasteiger partial charge in [-0.15, -0.1) is 16.7 Å². The standard InChI is InChI=1S/C9H16ClN3O2/c1-3-15-5-4-13-9(7-14-2)8(6-10)11-12-13/h3-7H2,1-2H3. The molecule has 0 bridgehead atoms. The minimum Gasteiger partial charge on any atom is -0.380 e. The lowest BCUT2D eigenvalue weighted by Gasteiger charge is -2.06. The van der Waals surface area contributed by atoms with Crippen LogP contribution in [0.5, 0.6) is 0 Å². The van der Waals surface area contributed by atoms with Crippen LogP contribution in [-0.2, 0) is 28.5 Å². The summed E-state index contributed by atoms with van der Waals surface area (Å²) in [6.45, 7) is 4.44. The molecule has 15 heavy (non-hydrogen) atoms. The molecule has 0 fully saturated rings. The van der Waals surface area contributed by atoms with Crippen molar-refractivity contribution in [2.45, 2.75) is 26.0 Å². The van der Waals surface area contributed by atoms with E-state index < -0.39 is 0 Å². The van der Waals surface area contributed by atoms with Gasteiger partial charge in [0.15, 0.2) is 0 Å². The molecule has 0 aliphatic carbocycles. The van der Waals surface area contributed by atoms with E-state index in [-0.39, 0.29) is 0 Å². The largest absolute Gasteiger partial charge is 0.380 e. The summed E-state index contributed by atoms with van der Waals surface area (Å²) in [4.78, 5) is 0. The first-order valence-corrected chi connectivity index (χ1v) is 5.40. The Labute approximate surface area is 94.3 Å². The quantitative estimate of drug-likeness (QED) is 0.525. The summed E-state index contributed by atoms with van der Waals surface area (Å²) in [6.07, 6.45) is 0. The lowest BCUT2D eigenvalue weighted by atomic mass is 10.3. The van der Waals surface area contributed by atoms with Crippen LogP contribution in [0.25, 0.3) is 0 Å². The van der Waals surface area contributed by atoms with Crippen molar-refractivity contribution < 1.29 is 9.47 Å². The Hall–Kier alpha value is -0.650. The zero-order valence-corrected chi connectivity index (χ0v) is 9.83. The molecule has 6 heteroatoms. The number of hydrogen-bond acceptors (Lipinski definition) is 4. The van der Waals surface area contributed by atoms with E-state index in [4.69, 9.17) is 21.1 Å². The average Bonchev–Trinajstić information content (AvgIpc) is 2.62. The second kappa shape index (κ2) is 6.76. The van der Waals surface area contributed by atoms with Crippen molar-refractivity contribution in [3.63, 3.8) is 0 Å². The molecule has 0 spiro atoms. The SMILES string of the molecule is CCOCCn1nnc(CCl)c1COC. The highest BCUT2D eigenvalue weighted by Gasteiger charge is 2.11. The summed E-state index contributed by atoms with van der Waals surface area (Å²) in [7, 11) is 1.64. The summed E-state index contributed by atoms with van der Waals surface area (Å²) in [5.74, 6) is 0.354. The molecule has 0 unspecified atom stereocenters. The van der Waals surface area contributed by atoms with Crippen molar-refractivity contribution in [3.8, 4) is 0 Å². The molecule has 0 atom stereocenters. The number of aromatic nitrogens is 3. The van der Waals surface area contributed by atoms with Gasteiger partial charge in [-0.25, -0.2) is 4.68 Å². The molecule has 0 amide bonds. The van der Waals surface area contributed by atoms with Gasteiger partial charge in [0, 0.05) is 13.7 Å². The fourth-order valence-electron chi connectivity index (χ4n) is 1.24. The Morgan fingerprint density at radius 2 is 2.27 bits per heavy atom. The van der Waals surface area contributed by atoms with Crippen molar-refractivity contribution in [2.75, 3.05) is 20.3 Å². The third-order valence-electron chi connectivity index (χ3n) is 1.98. The van der Waals surface area contributed by atoms with Crippen molar-refractivity contribution in [1.29, 1.82) is 0 Å². The topological polar surface area (TPSA) is 49.2 Å². The molecule has 1 aromatic heterocycles. The van der Waals surface area contributed by atoms with E-state index in [1.54, 1.807) is 11.8 Å². The molecule has 0 saturated heterocycles. The van der Waals surface area contributed by atoms with Gasteiger partial charge in [0.25, 0.3) is 0 Å². The minimum absolute atomic E-state index is 0.354. The third-order valence-corrected chi connectivity index (χ3v) is 2.23. The molecule has 0 saturated carbocycles. The van der Waals surface area contributed by atoms with Crippen molar-refractivity contribution in [3.05, 3.63) is 11.4 Å². The maximum absolute atomic E-state index is 5.74. The summed E-state index contributed by atoms with van der Waals surface area (Å²) in [5, 5.41) is 7.98. The summed E-state index contributed by atoms with van der Waals surface area (Å²) < 4.78 is 12.1. The lowest BCUT2D eigenvalue weighted by Crippen LogP contribution is -2.11. The van der Waals surface area contributed by atoms with Crippen LogP contribution in [0.3, 0.4) is 0 Å².